The minimum absolute atomic E-state index is 0.294. The Labute approximate surface area is 210 Å². The summed E-state index contributed by atoms with van der Waals surface area (Å²) in [4.78, 5) is 27.4. The first-order valence-electron chi connectivity index (χ1n) is 12.9. The lowest BCUT2D eigenvalue weighted by Crippen LogP contribution is -2.30. The molecule has 6 nitrogen and oxygen atoms in total. The first-order valence-corrected chi connectivity index (χ1v) is 12.9. The third-order valence-corrected chi connectivity index (χ3v) is 7.81. The van der Waals surface area contributed by atoms with Crippen LogP contribution < -0.4 is 0 Å². The molecule has 1 saturated heterocycles. The Hall–Kier alpha value is -3.93. The van der Waals surface area contributed by atoms with Gasteiger partial charge in [-0.2, -0.15) is 0 Å². The molecule has 1 aliphatic heterocycles. The predicted molar refractivity (Wildman–Crippen MR) is 142 cm³/mol. The minimum atomic E-state index is 0.294. The quantitative estimate of drug-likeness (QED) is 0.349. The molecule has 0 radical (unpaired) electrons. The van der Waals surface area contributed by atoms with Gasteiger partial charge >= 0.3 is 0 Å². The zero-order valence-electron chi connectivity index (χ0n) is 20.4. The molecule has 2 aliphatic rings. The van der Waals surface area contributed by atoms with Crippen LogP contribution in [-0.4, -0.2) is 43.4 Å². The lowest BCUT2D eigenvalue weighted by Gasteiger charge is -2.18. The normalized spacial score (nSPS) is 17.9. The molecular formula is C30H29N5O. The van der Waals surface area contributed by atoms with Crippen LogP contribution in [0.4, 0.5) is 0 Å². The van der Waals surface area contributed by atoms with Gasteiger partial charge in [0.1, 0.15) is 5.82 Å². The van der Waals surface area contributed by atoms with Crippen molar-refractivity contribution in [2.24, 2.45) is 11.8 Å². The van der Waals surface area contributed by atoms with Crippen molar-refractivity contribution in [3.63, 3.8) is 0 Å². The summed E-state index contributed by atoms with van der Waals surface area (Å²) in [6.07, 6.45) is 8.96. The number of rotatable bonds is 5. The monoisotopic (exact) mass is 475 g/mol. The van der Waals surface area contributed by atoms with Gasteiger partial charge in [0.25, 0.3) is 0 Å². The Bertz CT molecular complexity index is 1590. The topological polar surface area (TPSA) is 66.8 Å². The predicted octanol–water partition coefficient (Wildman–Crippen LogP) is 5.81. The molecule has 1 aliphatic carbocycles. The summed E-state index contributed by atoms with van der Waals surface area (Å²) in [6.45, 7) is 4.73. The fourth-order valence-electron chi connectivity index (χ4n) is 5.67. The Balaban J connectivity index is 1.22. The molecule has 180 valence electrons. The number of amides is 1. The average Bonchev–Trinajstić information content (AvgIpc) is 3.34. The summed E-state index contributed by atoms with van der Waals surface area (Å²) in [5, 5.41) is 1.12. The van der Waals surface area contributed by atoms with E-state index in [0.717, 1.165) is 83.3 Å². The SMILES string of the molecule is Cc1ccc2c(c1)nc(-c1ccc(-c3c[nH]c4ccncc34)cc1)n2C[C@@H]1CCN(C(=O)C2CC2)C1. The van der Waals surface area contributed by atoms with Crippen LogP contribution >= 0.6 is 0 Å². The van der Waals surface area contributed by atoms with Crippen molar-refractivity contribution in [2.45, 2.75) is 32.7 Å². The first-order chi connectivity index (χ1) is 17.6. The number of hydrogen-bond acceptors (Lipinski definition) is 3. The molecule has 36 heavy (non-hydrogen) atoms. The summed E-state index contributed by atoms with van der Waals surface area (Å²) < 4.78 is 2.37. The van der Waals surface area contributed by atoms with E-state index in [0.29, 0.717) is 17.7 Å². The van der Waals surface area contributed by atoms with Gasteiger partial charge in [-0.1, -0.05) is 30.3 Å². The van der Waals surface area contributed by atoms with Gasteiger partial charge < -0.3 is 14.5 Å². The number of imidazole rings is 1. The number of H-pyrrole nitrogens is 1. The van der Waals surface area contributed by atoms with Gasteiger partial charge in [0.15, 0.2) is 0 Å². The maximum atomic E-state index is 12.6. The number of nitrogens with zero attached hydrogens (tertiary/aromatic N) is 4. The molecular weight excluding hydrogens is 446 g/mol. The summed E-state index contributed by atoms with van der Waals surface area (Å²) in [6, 6.07) is 17.2. The Kier molecular flexibility index (Phi) is 4.94. The van der Waals surface area contributed by atoms with Crippen LogP contribution in [0.5, 0.6) is 0 Å². The van der Waals surface area contributed by atoms with Crippen LogP contribution in [0, 0.1) is 18.8 Å². The van der Waals surface area contributed by atoms with Crippen molar-refractivity contribution in [1.29, 1.82) is 0 Å². The maximum absolute atomic E-state index is 12.6. The highest BCUT2D eigenvalue weighted by Gasteiger charge is 2.36. The number of likely N-dealkylation sites (tertiary alicyclic amines) is 1. The second-order valence-electron chi connectivity index (χ2n) is 10.5. The molecule has 1 atom stereocenters. The minimum Gasteiger partial charge on any atom is -0.360 e. The third-order valence-electron chi connectivity index (χ3n) is 7.81. The zero-order chi connectivity index (χ0) is 24.2. The van der Waals surface area contributed by atoms with Crippen LogP contribution in [0.15, 0.2) is 67.1 Å². The largest absolute Gasteiger partial charge is 0.360 e. The Morgan fingerprint density at radius 1 is 1.06 bits per heavy atom. The molecule has 0 spiro atoms. The number of aromatic amines is 1. The molecule has 2 aromatic carbocycles. The molecule has 6 heteroatoms. The van der Waals surface area contributed by atoms with Crippen LogP contribution in [-0.2, 0) is 11.3 Å². The van der Waals surface area contributed by atoms with E-state index in [2.05, 4.69) is 68.8 Å². The van der Waals surface area contributed by atoms with Crippen molar-refractivity contribution in [3.05, 3.63) is 72.7 Å². The van der Waals surface area contributed by atoms with Crippen LogP contribution in [0.1, 0.15) is 24.8 Å². The Morgan fingerprint density at radius 2 is 1.89 bits per heavy atom. The van der Waals surface area contributed by atoms with Crippen molar-refractivity contribution < 1.29 is 4.79 Å². The lowest BCUT2D eigenvalue weighted by atomic mass is 10.0. The van der Waals surface area contributed by atoms with E-state index < -0.39 is 0 Å². The zero-order valence-corrected chi connectivity index (χ0v) is 20.4. The van der Waals surface area contributed by atoms with E-state index >= 15 is 0 Å². The van der Waals surface area contributed by atoms with Crippen molar-refractivity contribution in [3.8, 4) is 22.5 Å². The second kappa shape index (κ2) is 8.33. The summed E-state index contributed by atoms with van der Waals surface area (Å²) in [7, 11) is 0. The molecule has 7 rings (SSSR count). The first kappa shape index (κ1) is 21.4. The highest BCUT2D eigenvalue weighted by Crippen LogP contribution is 2.35. The van der Waals surface area contributed by atoms with E-state index in [9.17, 15) is 4.79 Å². The van der Waals surface area contributed by atoms with Gasteiger partial charge in [0.05, 0.1) is 11.0 Å². The van der Waals surface area contributed by atoms with Crippen molar-refractivity contribution >= 4 is 27.8 Å². The molecule has 0 unspecified atom stereocenters. The van der Waals surface area contributed by atoms with Gasteiger partial charge in [-0.15, -0.1) is 0 Å². The molecule has 1 saturated carbocycles. The van der Waals surface area contributed by atoms with Gasteiger partial charge in [0.2, 0.25) is 5.91 Å². The third kappa shape index (κ3) is 3.68. The molecule has 5 aromatic rings. The maximum Gasteiger partial charge on any atom is 0.225 e. The molecule has 1 N–H and O–H groups in total. The number of hydrogen-bond donors (Lipinski definition) is 1. The second-order valence-corrected chi connectivity index (χ2v) is 10.5. The fraction of sp³-hybridized carbons (Fsp3) is 0.300. The van der Waals surface area contributed by atoms with Gasteiger partial charge in [-0.25, -0.2) is 4.98 Å². The van der Waals surface area contributed by atoms with E-state index in [4.69, 9.17) is 4.98 Å². The van der Waals surface area contributed by atoms with E-state index in [1.807, 2.05) is 24.7 Å². The lowest BCUT2D eigenvalue weighted by molar-refractivity contribution is -0.131. The molecule has 4 heterocycles. The number of carbonyl (C=O) groups excluding carboxylic acids is 1. The van der Waals surface area contributed by atoms with Gasteiger partial charge in [0, 0.05) is 66.2 Å². The summed E-state index contributed by atoms with van der Waals surface area (Å²) >= 11 is 0. The van der Waals surface area contributed by atoms with E-state index in [1.54, 1.807) is 0 Å². The van der Waals surface area contributed by atoms with Crippen molar-refractivity contribution in [2.75, 3.05) is 13.1 Å². The van der Waals surface area contributed by atoms with E-state index in [1.165, 1.54) is 5.56 Å². The van der Waals surface area contributed by atoms with Crippen LogP contribution in [0.3, 0.4) is 0 Å². The van der Waals surface area contributed by atoms with Crippen LogP contribution in [0.2, 0.25) is 0 Å². The highest BCUT2D eigenvalue weighted by atomic mass is 16.2. The molecule has 0 bridgehead atoms. The number of benzene rings is 2. The smallest absolute Gasteiger partial charge is 0.225 e. The number of aromatic nitrogens is 4. The fourth-order valence-corrected chi connectivity index (χ4v) is 5.67. The van der Waals surface area contributed by atoms with E-state index in [-0.39, 0.29) is 0 Å². The summed E-state index contributed by atoms with van der Waals surface area (Å²) in [5.74, 6) is 2.10. The van der Waals surface area contributed by atoms with Gasteiger partial charge in [-0.05, 0) is 61.4 Å². The standard InChI is InChI=1S/C30H29N5O/c1-19-2-9-28-27(14-19)33-29(35(28)18-20-11-13-34(17-20)30(36)23-7-8-23)22-5-3-21(4-6-22)24-16-32-26-10-12-31-15-25(24)26/h2-6,9-10,12,14-16,20,23,32H,7-8,11,13,17-18H2,1H3/t20-/m1/s1. The number of pyridine rings is 1. The molecule has 2 fully saturated rings. The number of aryl methyl sites for hydroxylation is 1. The van der Waals surface area contributed by atoms with Crippen molar-refractivity contribution in [1.82, 2.24) is 24.4 Å². The van der Waals surface area contributed by atoms with Gasteiger partial charge in [-0.3, -0.25) is 9.78 Å². The highest BCUT2D eigenvalue weighted by molar-refractivity contribution is 5.95. The Morgan fingerprint density at radius 3 is 2.72 bits per heavy atom. The molecule has 3 aromatic heterocycles. The van der Waals surface area contributed by atoms with Crippen LogP contribution in [0.25, 0.3) is 44.5 Å². The average molecular weight is 476 g/mol. The summed E-state index contributed by atoms with van der Waals surface area (Å²) in [5.41, 5.74) is 7.90. The number of nitrogens with one attached hydrogen (secondary N) is 1. The number of fused-ring (bicyclic) bond motifs is 2. The molecule has 1 amide bonds. The number of carbonyl (C=O) groups is 1.